The fourth-order valence-electron chi connectivity index (χ4n) is 2.84. The van der Waals surface area contributed by atoms with Crippen LogP contribution in [0.15, 0.2) is 42.5 Å². The van der Waals surface area contributed by atoms with Crippen LogP contribution in [0.2, 0.25) is 0 Å². The summed E-state index contributed by atoms with van der Waals surface area (Å²) < 4.78 is 10.6. The van der Waals surface area contributed by atoms with Crippen molar-refractivity contribution in [2.45, 2.75) is 32.9 Å². The number of hydrogen-bond acceptors (Lipinski definition) is 3. The number of benzene rings is 2. The number of carbonyl (C=O) groups excluding carboxylic acids is 1. The second-order valence-electron chi connectivity index (χ2n) is 6.03. The highest BCUT2D eigenvalue weighted by Gasteiger charge is 2.17. The Balaban J connectivity index is 2.06. The zero-order chi connectivity index (χ0) is 18.4. The molecule has 134 valence electrons. The maximum atomic E-state index is 12.4. The van der Waals surface area contributed by atoms with Crippen LogP contribution in [0.1, 0.15) is 42.6 Å². The van der Waals surface area contributed by atoms with Crippen LogP contribution in [0.4, 0.5) is 4.79 Å². The van der Waals surface area contributed by atoms with Gasteiger partial charge in [0.05, 0.1) is 26.3 Å². The zero-order valence-electron chi connectivity index (χ0n) is 15.4. The molecular weight excluding hydrogens is 316 g/mol. The number of hydrogen-bond donors (Lipinski definition) is 2. The average molecular weight is 342 g/mol. The van der Waals surface area contributed by atoms with Gasteiger partial charge in [0.15, 0.2) is 0 Å². The first kappa shape index (κ1) is 18.6. The molecule has 0 aliphatic carbocycles. The van der Waals surface area contributed by atoms with E-state index in [1.165, 1.54) is 0 Å². The normalized spacial score (nSPS) is 12.8. The quantitative estimate of drug-likeness (QED) is 0.830. The van der Waals surface area contributed by atoms with Gasteiger partial charge in [0.1, 0.15) is 11.5 Å². The van der Waals surface area contributed by atoms with E-state index in [1.807, 2.05) is 63.2 Å². The van der Waals surface area contributed by atoms with Crippen LogP contribution in [-0.2, 0) is 0 Å². The predicted molar refractivity (Wildman–Crippen MR) is 99.2 cm³/mol. The van der Waals surface area contributed by atoms with Gasteiger partial charge in [-0.15, -0.1) is 0 Å². The van der Waals surface area contributed by atoms with Gasteiger partial charge in [0.25, 0.3) is 0 Å². The molecule has 0 aliphatic heterocycles. The number of ether oxygens (including phenoxy) is 2. The van der Waals surface area contributed by atoms with Crippen LogP contribution >= 0.6 is 0 Å². The third-order valence-corrected chi connectivity index (χ3v) is 4.25. The molecule has 5 nitrogen and oxygen atoms in total. The monoisotopic (exact) mass is 342 g/mol. The van der Waals surface area contributed by atoms with E-state index in [0.717, 1.165) is 22.4 Å². The molecule has 0 saturated heterocycles. The highest BCUT2D eigenvalue weighted by Crippen LogP contribution is 2.29. The van der Waals surface area contributed by atoms with Gasteiger partial charge in [-0.05, 0) is 50.1 Å². The molecule has 2 rings (SSSR count). The topological polar surface area (TPSA) is 59.6 Å². The smallest absolute Gasteiger partial charge is 0.315 e. The summed E-state index contributed by atoms with van der Waals surface area (Å²) in [7, 11) is 3.22. The third kappa shape index (κ3) is 4.66. The van der Waals surface area contributed by atoms with Crippen molar-refractivity contribution in [3.63, 3.8) is 0 Å². The zero-order valence-corrected chi connectivity index (χ0v) is 15.4. The van der Waals surface area contributed by atoms with E-state index >= 15 is 0 Å². The minimum Gasteiger partial charge on any atom is -0.497 e. The Bertz CT molecular complexity index is 731. The summed E-state index contributed by atoms with van der Waals surface area (Å²) in [5.41, 5.74) is 3.11. The number of aryl methyl sites for hydroxylation is 1. The van der Waals surface area contributed by atoms with Gasteiger partial charge in [-0.25, -0.2) is 4.79 Å². The molecule has 2 atom stereocenters. The molecule has 0 heterocycles. The van der Waals surface area contributed by atoms with Crippen LogP contribution in [-0.4, -0.2) is 20.3 Å². The first-order valence-electron chi connectivity index (χ1n) is 8.30. The molecular formula is C20H26N2O3. The lowest BCUT2D eigenvalue weighted by Gasteiger charge is -2.21. The van der Waals surface area contributed by atoms with E-state index < -0.39 is 0 Å². The van der Waals surface area contributed by atoms with Gasteiger partial charge in [0, 0.05) is 5.56 Å². The molecule has 5 heteroatoms. The summed E-state index contributed by atoms with van der Waals surface area (Å²) in [6.07, 6.45) is 0. The predicted octanol–water partition coefficient (Wildman–Crippen LogP) is 4.13. The summed E-state index contributed by atoms with van der Waals surface area (Å²) in [6, 6.07) is 13.0. The molecule has 0 bridgehead atoms. The molecule has 2 aromatic rings. The summed E-state index contributed by atoms with van der Waals surface area (Å²) in [6.45, 7) is 5.92. The Kier molecular flexibility index (Phi) is 6.28. The molecule has 0 aliphatic rings. The van der Waals surface area contributed by atoms with E-state index in [1.54, 1.807) is 14.2 Å². The van der Waals surface area contributed by atoms with Crippen molar-refractivity contribution in [2.24, 2.45) is 0 Å². The minimum absolute atomic E-state index is 0.0828. The first-order chi connectivity index (χ1) is 12.0. The van der Waals surface area contributed by atoms with Gasteiger partial charge < -0.3 is 20.1 Å². The Morgan fingerprint density at radius 3 is 2.16 bits per heavy atom. The summed E-state index contributed by atoms with van der Waals surface area (Å²) in [5.74, 6) is 1.43. The molecule has 2 unspecified atom stereocenters. The molecule has 2 amide bonds. The Hall–Kier alpha value is -2.69. The molecule has 25 heavy (non-hydrogen) atoms. The highest BCUT2D eigenvalue weighted by atomic mass is 16.5. The third-order valence-electron chi connectivity index (χ3n) is 4.25. The maximum Gasteiger partial charge on any atom is 0.315 e. The number of urea groups is 1. The van der Waals surface area contributed by atoms with Crippen molar-refractivity contribution in [1.29, 1.82) is 0 Å². The van der Waals surface area contributed by atoms with Gasteiger partial charge in [0.2, 0.25) is 0 Å². The fraction of sp³-hybridized carbons (Fsp3) is 0.350. The van der Waals surface area contributed by atoms with Gasteiger partial charge in [-0.2, -0.15) is 0 Å². The molecule has 0 aromatic heterocycles. The van der Waals surface area contributed by atoms with E-state index in [0.29, 0.717) is 5.75 Å². The lowest BCUT2D eigenvalue weighted by molar-refractivity contribution is 0.234. The van der Waals surface area contributed by atoms with E-state index in [2.05, 4.69) is 10.6 Å². The van der Waals surface area contributed by atoms with E-state index in [4.69, 9.17) is 9.47 Å². The van der Waals surface area contributed by atoms with E-state index in [9.17, 15) is 4.79 Å². The molecule has 0 fully saturated rings. The molecule has 2 N–H and O–H groups in total. The van der Waals surface area contributed by atoms with Crippen molar-refractivity contribution in [1.82, 2.24) is 10.6 Å². The van der Waals surface area contributed by atoms with Crippen LogP contribution < -0.4 is 20.1 Å². The Morgan fingerprint density at radius 2 is 1.56 bits per heavy atom. The van der Waals surface area contributed by atoms with Crippen molar-refractivity contribution < 1.29 is 14.3 Å². The lowest BCUT2D eigenvalue weighted by atomic mass is 10.0. The molecule has 2 aromatic carbocycles. The number of nitrogens with one attached hydrogen (secondary N) is 2. The SMILES string of the molecule is COc1ccc(OC)c(C(C)NC(=O)NC(C)c2ccccc2C)c1. The fourth-order valence-corrected chi connectivity index (χ4v) is 2.84. The molecule has 0 radical (unpaired) electrons. The summed E-state index contributed by atoms with van der Waals surface area (Å²) >= 11 is 0. The van der Waals surface area contributed by atoms with Crippen molar-refractivity contribution in [2.75, 3.05) is 14.2 Å². The van der Waals surface area contributed by atoms with Crippen LogP contribution in [0, 0.1) is 6.92 Å². The maximum absolute atomic E-state index is 12.4. The standard InChI is InChI=1S/C20H26N2O3/c1-13-8-6-7-9-17(13)14(2)21-20(23)22-15(3)18-12-16(24-4)10-11-19(18)25-5/h6-12,14-15H,1-5H3,(H2,21,22,23). The molecule has 0 saturated carbocycles. The number of methoxy groups -OCH3 is 2. The number of carbonyl (C=O) groups is 1. The summed E-state index contributed by atoms with van der Waals surface area (Å²) in [5, 5.41) is 5.94. The minimum atomic E-state index is -0.229. The number of amides is 2. The lowest BCUT2D eigenvalue weighted by Crippen LogP contribution is -2.38. The largest absolute Gasteiger partial charge is 0.497 e. The van der Waals surface area contributed by atoms with Gasteiger partial charge in [-0.3, -0.25) is 0 Å². The van der Waals surface area contributed by atoms with Crippen molar-refractivity contribution >= 4 is 6.03 Å². The van der Waals surface area contributed by atoms with Gasteiger partial charge in [-0.1, -0.05) is 24.3 Å². The van der Waals surface area contributed by atoms with E-state index in [-0.39, 0.29) is 18.1 Å². The second-order valence-corrected chi connectivity index (χ2v) is 6.03. The van der Waals surface area contributed by atoms with Crippen LogP contribution in [0.25, 0.3) is 0 Å². The molecule has 0 spiro atoms. The Morgan fingerprint density at radius 1 is 0.920 bits per heavy atom. The van der Waals surface area contributed by atoms with Crippen molar-refractivity contribution in [3.05, 3.63) is 59.2 Å². The van der Waals surface area contributed by atoms with Crippen molar-refractivity contribution in [3.8, 4) is 11.5 Å². The average Bonchev–Trinajstić information content (AvgIpc) is 2.61. The first-order valence-corrected chi connectivity index (χ1v) is 8.30. The highest BCUT2D eigenvalue weighted by molar-refractivity contribution is 5.75. The summed E-state index contributed by atoms with van der Waals surface area (Å²) in [4.78, 5) is 12.4. The van der Waals surface area contributed by atoms with Gasteiger partial charge >= 0.3 is 6.03 Å². The number of rotatable bonds is 6. The van der Waals surface area contributed by atoms with Crippen LogP contribution in [0.3, 0.4) is 0 Å². The Labute approximate surface area is 149 Å². The van der Waals surface area contributed by atoms with Crippen LogP contribution in [0.5, 0.6) is 11.5 Å². The second kappa shape index (κ2) is 8.42.